The Kier molecular flexibility index (Phi) is 4.02. The summed E-state index contributed by atoms with van der Waals surface area (Å²) >= 11 is 0. The lowest BCUT2D eigenvalue weighted by atomic mass is 10.1. The van der Waals surface area contributed by atoms with Gasteiger partial charge in [0, 0.05) is 32.2 Å². The number of carbonyl (C=O) groups is 1. The molecule has 1 heterocycles. The highest BCUT2D eigenvalue weighted by molar-refractivity contribution is 5.93. The van der Waals surface area contributed by atoms with Gasteiger partial charge in [-0.2, -0.15) is 0 Å². The number of carboxylic acid groups (broad SMARTS) is 1. The van der Waals surface area contributed by atoms with Gasteiger partial charge in [0.05, 0.1) is 11.2 Å². The van der Waals surface area contributed by atoms with Crippen LogP contribution in [0.4, 0.5) is 5.69 Å². The van der Waals surface area contributed by atoms with Gasteiger partial charge in [0.25, 0.3) is 0 Å². The van der Waals surface area contributed by atoms with Crippen LogP contribution in [0.3, 0.4) is 0 Å². The second-order valence-electron chi connectivity index (χ2n) is 4.70. The van der Waals surface area contributed by atoms with Crippen LogP contribution in [0.1, 0.15) is 17.3 Å². The molecule has 0 saturated carbocycles. The molecule has 7 nitrogen and oxygen atoms in total. The van der Waals surface area contributed by atoms with E-state index in [-0.39, 0.29) is 5.56 Å². The second kappa shape index (κ2) is 5.74. The van der Waals surface area contributed by atoms with E-state index in [0.717, 1.165) is 0 Å². The molecular weight excluding hydrogens is 272 g/mol. The average molecular weight is 288 g/mol. The van der Waals surface area contributed by atoms with E-state index in [0.29, 0.717) is 23.1 Å². The SMILES string of the molecule is CCn1cc(C(=O)O)c(=O)c2ccc(/N=N/N(C)C)cc21. The summed E-state index contributed by atoms with van der Waals surface area (Å²) < 4.78 is 1.72. The summed E-state index contributed by atoms with van der Waals surface area (Å²) in [4.78, 5) is 23.3. The van der Waals surface area contributed by atoms with Gasteiger partial charge in [-0.1, -0.05) is 5.22 Å². The molecule has 0 unspecified atom stereocenters. The van der Waals surface area contributed by atoms with Gasteiger partial charge in [-0.05, 0) is 25.1 Å². The molecule has 0 fully saturated rings. The van der Waals surface area contributed by atoms with E-state index in [1.165, 1.54) is 6.20 Å². The Hall–Kier alpha value is -2.70. The van der Waals surface area contributed by atoms with Crippen molar-refractivity contribution in [3.05, 3.63) is 40.2 Å². The Balaban J connectivity index is 2.70. The van der Waals surface area contributed by atoms with Crippen LogP contribution in [0.15, 0.2) is 39.5 Å². The van der Waals surface area contributed by atoms with Gasteiger partial charge in [0.1, 0.15) is 5.56 Å². The summed E-state index contributed by atoms with van der Waals surface area (Å²) in [5, 5.41) is 19.0. The summed E-state index contributed by atoms with van der Waals surface area (Å²) in [7, 11) is 3.51. The van der Waals surface area contributed by atoms with Gasteiger partial charge in [-0.3, -0.25) is 9.80 Å². The highest BCUT2D eigenvalue weighted by Gasteiger charge is 2.14. The minimum Gasteiger partial charge on any atom is -0.477 e. The molecule has 0 bridgehead atoms. The predicted molar refractivity (Wildman–Crippen MR) is 79.0 cm³/mol. The molecule has 1 aromatic carbocycles. The van der Waals surface area contributed by atoms with E-state index in [9.17, 15) is 9.59 Å². The molecule has 2 rings (SSSR count). The van der Waals surface area contributed by atoms with Crippen molar-refractivity contribution >= 4 is 22.6 Å². The number of rotatable bonds is 4. The largest absolute Gasteiger partial charge is 0.477 e. The van der Waals surface area contributed by atoms with E-state index in [2.05, 4.69) is 10.3 Å². The lowest BCUT2D eigenvalue weighted by molar-refractivity contribution is 0.0695. The third-order valence-electron chi connectivity index (χ3n) is 2.98. The van der Waals surface area contributed by atoms with Crippen molar-refractivity contribution in [2.75, 3.05) is 14.1 Å². The minimum absolute atomic E-state index is 0.230. The first kappa shape index (κ1) is 14.7. The molecule has 1 N–H and O–H groups in total. The number of aromatic nitrogens is 1. The van der Waals surface area contributed by atoms with Crippen LogP contribution >= 0.6 is 0 Å². The van der Waals surface area contributed by atoms with Crippen molar-refractivity contribution < 1.29 is 9.90 Å². The predicted octanol–water partition coefficient (Wildman–Crippen LogP) is 2.28. The first-order valence-corrected chi connectivity index (χ1v) is 6.43. The maximum atomic E-state index is 12.2. The zero-order chi connectivity index (χ0) is 15.6. The minimum atomic E-state index is -1.22. The molecule has 2 aromatic rings. The molecule has 0 aliphatic carbocycles. The molecule has 21 heavy (non-hydrogen) atoms. The monoisotopic (exact) mass is 288 g/mol. The van der Waals surface area contributed by atoms with Crippen molar-refractivity contribution in [2.45, 2.75) is 13.5 Å². The van der Waals surface area contributed by atoms with Gasteiger partial charge in [0.2, 0.25) is 5.43 Å². The normalized spacial score (nSPS) is 11.2. The van der Waals surface area contributed by atoms with E-state index in [1.807, 2.05) is 6.92 Å². The fraction of sp³-hybridized carbons (Fsp3) is 0.286. The van der Waals surface area contributed by atoms with Gasteiger partial charge < -0.3 is 9.67 Å². The number of fused-ring (bicyclic) bond motifs is 1. The summed E-state index contributed by atoms with van der Waals surface area (Å²) in [5.74, 6) is -1.22. The van der Waals surface area contributed by atoms with Crippen LogP contribution < -0.4 is 5.43 Å². The standard InChI is InChI=1S/C14H16N4O3/c1-4-18-8-11(14(20)21)13(19)10-6-5-9(7-12(10)18)15-16-17(2)3/h5-8H,4H2,1-3H3,(H,20,21)/b16-15+. The fourth-order valence-electron chi connectivity index (χ4n) is 2.00. The number of carboxylic acids is 1. The van der Waals surface area contributed by atoms with Crippen LogP contribution in [-0.4, -0.2) is 34.7 Å². The third kappa shape index (κ3) is 2.91. The van der Waals surface area contributed by atoms with Crippen LogP contribution in [0, 0.1) is 0 Å². The smallest absolute Gasteiger partial charge is 0.341 e. The quantitative estimate of drug-likeness (QED) is 0.690. The van der Waals surface area contributed by atoms with Crippen molar-refractivity contribution in [2.24, 2.45) is 10.3 Å². The molecule has 0 radical (unpaired) electrons. The van der Waals surface area contributed by atoms with Gasteiger partial charge >= 0.3 is 5.97 Å². The van der Waals surface area contributed by atoms with E-state index in [1.54, 1.807) is 41.9 Å². The Morgan fingerprint density at radius 3 is 2.67 bits per heavy atom. The molecule has 0 spiro atoms. The lowest BCUT2D eigenvalue weighted by Gasteiger charge is -2.10. The number of hydrogen-bond acceptors (Lipinski definition) is 4. The zero-order valence-corrected chi connectivity index (χ0v) is 12.1. The molecular formula is C14H16N4O3. The lowest BCUT2D eigenvalue weighted by Crippen LogP contribution is -2.18. The molecule has 0 aliphatic heterocycles. The van der Waals surface area contributed by atoms with Crippen molar-refractivity contribution in [1.82, 2.24) is 9.58 Å². The summed E-state index contributed by atoms with van der Waals surface area (Å²) in [6.45, 7) is 2.43. The molecule has 0 atom stereocenters. The Labute approximate surface area is 121 Å². The van der Waals surface area contributed by atoms with Crippen molar-refractivity contribution in [1.29, 1.82) is 0 Å². The zero-order valence-electron chi connectivity index (χ0n) is 12.1. The molecule has 0 amide bonds. The number of hydrogen-bond donors (Lipinski definition) is 1. The maximum absolute atomic E-state index is 12.2. The molecule has 0 saturated heterocycles. The van der Waals surface area contributed by atoms with E-state index >= 15 is 0 Å². The highest BCUT2D eigenvalue weighted by Crippen LogP contribution is 2.20. The Morgan fingerprint density at radius 1 is 1.38 bits per heavy atom. The van der Waals surface area contributed by atoms with Crippen LogP contribution in [0.5, 0.6) is 0 Å². The number of pyridine rings is 1. The van der Waals surface area contributed by atoms with Crippen molar-refractivity contribution in [3.8, 4) is 0 Å². The maximum Gasteiger partial charge on any atom is 0.341 e. The van der Waals surface area contributed by atoms with Crippen LogP contribution in [0.25, 0.3) is 10.9 Å². The number of benzene rings is 1. The summed E-state index contributed by atoms with van der Waals surface area (Å²) in [6.07, 6.45) is 1.36. The fourth-order valence-corrected chi connectivity index (χ4v) is 2.00. The second-order valence-corrected chi connectivity index (χ2v) is 4.70. The summed E-state index contributed by atoms with van der Waals surface area (Å²) in [5.41, 5.74) is 0.522. The highest BCUT2D eigenvalue weighted by atomic mass is 16.4. The van der Waals surface area contributed by atoms with E-state index < -0.39 is 11.4 Å². The molecule has 0 aliphatic rings. The molecule has 1 aromatic heterocycles. The average Bonchev–Trinajstić information content (AvgIpc) is 2.45. The van der Waals surface area contributed by atoms with Gasteiger partial charge in [0.15, 0.2) is 0 Å². The van der Waals surface area contributed by atoms with Gasteiger partial charge in [-0.25, -0.2) is 4.79 Å². The Bertz CT molecular complexity index is 778. The number of aryl methyl sites for hydroxylation is 1. The van der Waals surface area contributed by atoms with Crippen molar-refractivity contribution in [3.63, 3.8) is 0 Å². The number of nitrogens with zero attached hydrogens (tertiary/aromatic N) is 4. The molecule has 110 valence electrons. The Morgan fingerprint density at radius 2 is 2.10 bits per heavy atom. The first-order chi connectivity index (χ1) is 9.93. The topological polar surface area (TPSA) is 87.3 Å². The summed E-state index contributed by atoms with van der Waals surface area (Å²) in [6, 6.07) is 4.95. The van der Waals surface area contributed by atoms with Gasteiger partial charge in [-0.15, -0.1) is 5.11 Å². The third-order valence-corrected chi connectivity index (χ3v) is 2.98. The van der Waals surface area contributed by atoms with Crippen LogP contribution in [0.2, 0.25) is 0 Å². The van der Waals surface area contributed by atoms with E-state index in [4.69, 9.17) is 5.11 Å². The first-order valence-electron chi connectivity index (χ1n) is 6.43. The number of aromatic carboxylic acids is 1. The van der Waals surface area contributed by atoms with Crippen LogP contribution in [-0.2, 0) is 6.54 Å². The molecule has 7 heteroatoms.